The SMILES string of the molecule is COCC(C)C1=C(C)Cc2ccc(OC)cc21. The third-order valence-electron chi connectivity index (χ3n) is 3.43. The molecule has 1 unspecified atom stereocenters. The van der Waals surface area contributed by atoms with Crippen LogP contribution >= 0.6 is 0 Å². The molecule has 0 fully saturated rings. The Labute approximate surface area is 103 Å². The van der Waals surface area contributed by atoms with Crippen LogP contribution < -0.4 is 4.74 Å². The Hall–Kier alpha value is -1.28. The molecule has 0 bridgehead atoms. The van der Waals surface area contributed by atoms with Crippen molar-refractivity contribution in [1.29, 1.82) is 0 Å². The first kappa shape index (κ1) is 12.2. The van der Waals surface area contributed by atoms with Crippen LogP contribution in [-0.2, 0) is 11.2 Å². The number of methoxy groups -OCH3 is 2. The van der Waals surface area contributed by atoms with Gasteiger partial charge in [0.15, 0.2) is 0 Å². The molecule has 0 heterocycles. The predicted molar refractivity (Wildman–Crippen MR) is 70.3 cm³/mol. The van der Waals surface area contributed by atoms with Gasteiger partial charge in [0, 0.05) is 13.0 Å². The quantitative estimate of drug-likeness (QED) is 0.793. The normalized spacial score (nSPS) is 16.0. The van der Waals surface area contributed by atoms with Gasteiger partial charge in [0.2, 0.25) is 0 Å². The molecule has 2 heteroatoms. The highest BCUT2D eigenvalue weighted by molar-refractivity contribution is 5.78. The van der Waals surface area contributed by atoms with Crippen molar-refractivity contribution in [1.82, 2.24) is 0 Å². The fourth-order valence-corrected chi connectivity index (χ4v) is 2.72. The fraction of sp³-hybridized carbons (Fsp3) is 0.467. The van der Waals surface area contributed by atoms with Gasteiger partial charge in [-0.05, 0) is 42.2 Å². The first-order valence-electron chi connectivity index (χ1n) is 6.03. The Morgan fingerprint density at radius 3 is 2.71 bits per heavy atom. The topological polar surface area (TPSA) is 18.5 Å². The second kappa shape index (κ2) is 4.92. The zero-order chi connectivity index (χ0) is 12.4. The van der Waals surface area contributed by atoms with E-state index in [1.165, 1.54) is 22.3 Å². The van der Waals surface area contributed by atoms with Crippen LogP contribution in [0.5, 0.6) is 5.75 Å². The molecule has 1 aromatic rings. The predicted octanol–water partition coefficient (Wildman–Crippen LogP) is 3.31. The average molecular weight is 232 g/mol. The largest absolute Gasteiger partial charge is 0.497 e. The lowest BCUT2D eigenvalue weighted by molar-refractivity contribution is 0.179. The number of hydrogen-bond donors (Lipinski definition) is 0. The fourth-order valence-electron chi connectivity index (χ4n) is 2.72. The van der Waals surface area contributed by atoms with Crippen molar-refractivity contribution >= 4 is 5.57 Å². The van der Waals surface area contributed by atoms with Crippen LogP contribution in [0.25, 0.3) is 5.57 Å². The van der Waals surface area contributed by atoms with Crippen LogP contribution in [0.3, 0.4) is 0 Å². The summed E-state index contributed by atoms with van der Waals surface area (Å²) in [5.41, 5.74) is 5.63. The van der Waals surface area contributed by atoms with E-state index >= 15 is 0 Å². The van der Waals surface area contributed by atoms with Crippen LogP contribution in [0, 0.1) is 5.92 Å². The molecule has 0 aromatic heterocycles. The third kappa shape index (κ3) is 2.22. The van der Waals surface area contributed by atoms with Crippen molar-refractivity contribution in [2.45, 2.75) is 20.3 Å². The summed E-state index contributed by atoms with van der Waals surface area (Å²) in [6.45, 7) is 5.20. The molecule has 1 aromatic carbocycles. The van der Waals surface area contributed by atoms with Gasteiger partial charge in [-0.15, -0.1) is 0 Å². The van der Waals surface area contributed by atoms with Crippen LogP contribution in [-0.4, -0.2) is 20.8 Å². The summed E-state index contributed by atoms with van der Waals surface area (Å²) in [4.78, 5) is 0. The first-order chi connectivity index (χ1) is 8.17. The summed E-state index contributed by atoms with van der Waals surface area (Å²) in [6.07, 6.45) is 1.06. The van der Waals surface area contributed by atoms with E-state index in [0.29, 0.717) is 5.92 Å². The van der Waals surface area contributed by atoms with Gasteiger partial charge in [0.25, 0.3) is 0 Å². The van der Waals surface area contributed by atoms with Crippen molar-refractivity contribution in [3.63, 3.8) is 0 Å². The van der Waals surface area contributed by atoms with Crippen LogP contribution in [0.15, 0.2) is 23.8 Å². The summed E-state index contributed by atoms with van der Waals surface area (Å²) >= 11 is 0. The lowest BCUT2D eigenvalue weighted by Gasteiger charge is -2.15. The van der Waals surface area contributed by atoms with Crippen molar-refractivity contribution in [3.8, 4) is 5.75 Å². The molecule has 2 nitrogen and oxygen atoms in total. The van der Waals surface area contributed by atoms with Crippen molar-refractivity contribution in [3.05, 3.63) is 34.9 Å². The van der Waals surface area contributed by atoms with Crippen LogP contribution in [0.1, 0.15) is 25.0 Å². The van der Waals surface area contributed by atoms with Crippen LogP contribution in [0.2, 0.25) is 0 Å². The van der Waals surface area contributed by atoms with E-state index < -0.39 is 0 Å². The molecular weight excluding hydrogens is 212 g/mol. The van der Waals surface area contributed by atoms with E-state index in [0.717, 1.165) is 18.8 Å². The Bertz CT molecular complexity index is 446. The summed E-state index contributed by atoms with van der Waals surface area (Å²) in [5.74, 6) is 1.37. The molecule has 92 valence electrons. The monoisotopic (exact) mass is 232 g/mol. The maximum Gasteiger partial charge on any atom is 0.119 e. The number of ether oxygens (including phenoxy) is 2. The van der Waals surface area contributed by atoms with E-state index in [1.54, 1.807) is 14.2 Å². The molecule has 1 atom stereocenters. The minimum absolute atomic E-state index is 0.438. The van der Waals surface area contributed by atoms with Gasteiger partial charge in [-0.25, -0.2) is 0 Å². The van der Waals surface area contributed by atoms with Gasteiger partial charge in [0.05, 0.1) is 13.7 Å². The molecule has 0 N–H and O–H groups in total. The summed E-state index contributed by atoms with van der Waals surface area (Å²) in [6, 6.07) is 6.35. The highest BCUT2D eigenvalue weighted by Gasteiger charge is 2.23. The highest BCUT2D eigenvalue weighted by atomic mass is 16.5. The van der Waals surface area contributed by atoms with E-state index in [4.69, 9.17) is 9.47 Å². The second-order valence-corrected chi connectivity index (χ2v) is 4.75. The molecule has 2 rings (SSSR count). The van der Waals surface area contributed by atoms with Gasteiger partial charge in [0.1, 0.15) is 5.75 Å². The Morgan fingerprint density at radius 1 is 1.29 bits per heavy atom. The van der Waals surface area contributed by atoms with E-state index in [1.807, 2.05) is 6.07 Å². The van der Waals surface area contributed by atoms with Gasteiger partial charge in [-0.2, -0.15) is 0 Å². The molecule has 0 saturated carbocycles. The lowest BCUT2D eigenvalue weighted by atomic mass is 9.94. The average Bonchev–Trinajstić information content (AvgIpc) is 2.64. The molecule has 0 aliphatic heterocycles. The maximum atomic E-state index is 5.31. The van der Waals surface area contributed by atoms with E-state index in [2.05, 4.69) is 26.0 Å². The van der Waals surface area contributed by atoms with E-state index in [-0.39, 0.29) is 0 Å². The Kier molecular flexibility index (Phi) is 3.53. The maximum absolute atomic E-state index is 5.31. The minimum atomic E-state index is 0.438. The van der Waals surface area contributed by atoms with Gasteiger partial charge in [-0.1, -0.05) is 18.6 Å². The Balaban J connectivity index is 2.39. The van der Waals surface area contributed by atoms with E-state index in [9.17, 15) is 0 Å². The van der Waals surface area contributed by atoms with Gasteiger partial charge >= 0.3 is 0 Å². The summed E-state index contributed by atoms with van der Waals surface area (Å²) < 4.78 is 10.6. The third-order valence-corrected chi connectivity index (χ3v) is 3.43. The number of rotatable bonds is 4. The number of fused-ring (bicyclic) bond motifs is 1. The summed E-state index contributed by atoms with van der Waals surface area (Å²) in [5, 5.41) is 0. The van der Waals surface area contributed by atoms with Gasteiger partial charge in [-0.3, -0.25) is 0 Å². The summed E-state index contributed by atoms with van der Waals surface area (Å²) in [7, 11) is 3.47. The lowest BCUT2D eigenvalue weighted by Crippen LogP contribution is -2.06. The van der Waals surface area contributed by atoms with Crippen molar-refractivity contribution in [2.75, 3.05) is 20.8 Å². The van der Waals surface area contributed by atoms with Gasteiger partial charge < -0.3 is 9.47 Å². The second-order valence-electron chi connectivity index (χ2n) is 4.75. The molecule has 0 spiro atoms. The number of hydrogen-bond acceptors (Lipinski definition) is 2. The van der Waals surface area contributed by atoms with Crippen molar-refractivity contribution < 1.29 is 9.47 Å². The standard InChI is InChI=1S/C15H20O2/c1-10-7-12-5-6-13(17-4)8-14(12)15(10)11(2)9-16-3/h5-6,8,11H,7,9H2,1-4H3. The van der Waals surface area contributed by atoms with Crippen molar-refractivity contribution in [2.24, 2.45) is 5.92 Å². The molecule has 0 radical (unpaired) electrons. The number of benzene rings is 1. The number of allylic oxidation sites excluding steroid dienone is 1. The molecule has 0 amide bonds. The Morgan fingerprint density at radius 2 is 2.06 bits per heavy atom. The smallest absolute Gasteiger partial charge is 0.119 e. The van der Waals surface area contributed by atoms with Crippen LogP contribution in [0.4, 0.5) is 0 Å². The molecule has 0 saturated heterocycles. The zero-order valence-electron chi connectivity index (χ0n) is 11.0. The molecule has 17 heavy (non-hydrogen) atoms. The molecule has 1 aliphatic rings. The molecular formula is C15H20O2. The highest BCUT2D eigenvalue weighted by Crippen LogP contribution is 2.39. The minimum Gasteiger partial charge on any atom is -0.497 e. The molecule has 1 aliphatic carbocycles. The zero-order valence-corrected chi connectivity index (χ0v) is 11.0. The first-order valence-corrected chi connectivity index (χ1v) is 6.03.